The van der Waals surface area contributed by atoms with Gasteiger partial charge in [-0.25, -0.2) is 4.39 Å². The monoisotopic (exact) mass is 300 g/mol. The van der Waals surface area contributed by atoms with E-state index in [2.05, 4.69) is 15.9 Å². The van der Waals surface area contributed by atoms with E-state index in [1.165, 1.54) is 17.4 Å². The van der Waals surface area contributed by atoms with Crippen molar-refractivity contribution in [3.05, 3.63) is 56.4 Å². The lowest BCUT2D eigenvalue weighted by Gasteiger charge is -2.23. The molecule has 0 aliphatic rings. The predicted octanol–water partition coefficient (Wildman–Crippen LogP) is 3.91. The van der Waals surface area contributed by atoms with E-state index in [0.29, 0.717) is 0 Å². The Morgan fingerprint density at radius 2 is 2.12 bits per heavy atom. The minimum Gasteiger partial charge on any atom is -0.380 e. The zero-order chi connectivity index (χ0) is 11.8. The summed E-state index contributed by atoms with van der Waals surface area (Å²) >= 11 is 4.68. The van der Waals surface area contributed by atoms with Gasteiger partial charge < -0.3 is 5.11 Å². The summed E-state index contributed by atoms with van der Waals surface area (Å²) in [5, 5.41) is 12.3. The van der Waals surface area contributed by atoms with E-state index in [4.69, 9.17) is 0 Å². The first-order valence-corrected chi connectivity index (χ1v) is 6.41. The van der Waals surface area contributed by atoms with Crippen molar-refractivity contribution in [1.29, 1.82) is 0 Å². The fraction of sp³-hybridized carbons (Fsp3) is 0.167. The van der Waals surface area contributed by atoms with Gasteiger partial charge in [-0.2, -0.15) is 0 Å². The molecule has 1 aromatic heterocycles. The number of hydrogen-bond acceptors (Lipinski definition) is 2. The van der Waals surface area contributed by atoms with Crippen LogP contribution < -0.4 is 0 Å². The Balaban J connectivity index is 2.55. The molecule has 0 saturated heterocycles. The normalized spacial score (nSPS) is 14.8. The van der Waals surface area contributed by atoms with Crippen LogP contribution in [-0.4, -0.2) is 5.11 Å². The van der Waals surface area contributed by atoms with E-state index >= 15 is 0 Å². The molecule has 0 aliphatic heterocycles. The summed E-state index contributed by atoms with van der Waals surface area (Å²) in [6.07, 6.45) is 0. The van der Waals surface area contributed by atoms with Crippen molar-refractivity contribution in [2.24, 2.45) is 0 Å². The van der Waals surface area contributed by atoms with Gasteiger partial charge in [0.15, 0.2) is 0 Å². The Morgan fingerprint density at radius 3 is 2.75 bits per heavy atom. The van der Waals surface area contributed by atoms with Crippen LogP contribution in [0.25, 0.3) is 0 Å². The number of rotatable bonds is 2. The Bertz CT molecular complexity index is 494. The third kappa shape index (κ3) is 2.05. The summed E-state index contributed by atoms with van der Waals surface area (Å²) < 4.78 is 14.4. The number of aliphatic hydroxyl groups is 1. The quantitative estimate of drug-likeness (QED) is 0.892. The number of halogens is 2. The smallest absolute Gasteiger partial charge is 0.129 e. The molecule has 0 amide bonds. The van der Waals surface area contributed by atoms with Crippen LogP contribution in [0.4, 0.5) is 4.39 Å². The van der Waals surface area contributed by atoms with Crippen LogP contribution in [0.1, 0.15) is 17.4 Å². The van der Waals surface area contributed by atoms with Gasteiger partial charge in [-0.3, -0.25) is 0 Å². The van der Waals surface area contributed by atoms with Gasteiger partial charge in [0, 0.05) is 14.9 Å². The van der Waals surface area contributed by atoms with Gasteiger partial charge in [-0.05, 0) is 36.6 Å². The molecule has 84 valence electrons. The van der Waals surface area contributed by atoms with E-state index in [0.717, 1.165) is 9.35 Å². The van der Waals surface area contributed by atoms with Gasteiger partial charge in [0.05, 0.1) is 0 Å². The molecule has 0 bridgehead atoms. The van der Waals surface area contributed by atoms with Crippen molar-refractivity contribution in [1.82, 2.24) is 0 Å². The summed E-state index contributed by atoms with van der Waals surface area (Å²) in [6.45, 7) is 1.60. The second kappa shape index (κ2) is 4.28. The molecule has 1 N–H and O–H groups in total. The summed E-state index contributed by atoms with van der Waals surface area (Å²) in [7, 11) is 0. The fourth-order valence-electron chi connectivity index (χ4n) is 1.56. The molecule has 2 aromatic rings. The molecule has 1 aromatic carbocycles. The van der Waals surface area contributed by atoms with Gasteiger partial charge >= 0.3 is 0 Å². The van der Waals surface area contributed by atoms with E-state index in [1.807, 2.05) is 11.4 Å². The summed E-state index contributed by atoms with van der Waals surface area (Å²) in [5.41, 5.74) is -1.01. The van der Waals surface area contributed by atoms with Crippen molar-refractivity contribution in [2.75, 3.05) is 0 Å². The van der Waals surface area contributed by atoms with Crippen LogP contribution >= 0.6 is 27.3 Å². The topological polar surface area (TPSA) is 20.2 Å². The van der Waals surface area contributed by atoms with Gasteiger partial charge in [0.25, 0.3) is 0 Å². The predicted molar refractivity (Wildman–Crippen MR) is 67.1 cm³/mol. The fourth-order valence-corrected chi connectivity index (χ4v) is 2.72. The van der Waals surface area contributed by atoms with Crippen LogP contribution in [0, 0.1) is 5.82 Å². The van der Waals surface area contributed by atoms with Crippen molar-refractivity contribution in [3.8, 4) is 0 Å². The van der Waals surface area contributed by atoms with Crippen LogP contribution in [0.5, 0.6) is 0 Å². The van der Waals surface area contributed by atoms with Gasteiger partial charge in [0.1, 0.15) is 11.4 Å². The zero-order valence-electron chi connectivity index (χ0n) is 8.58. The minimum atomic E-state index is -1.29. The molecule has 1 unspecified atom stereocenters. The van der Waals surface area contributed by atoms with Crippen LogP contribution in [0.2, 0.25) is 0 Å². The molecule has 0 aliphatic carbocycles. The molecule has 1 nitrogen and oxygen atoms in total. The molecule has 0 saturated carbocycles. The number of thiophene rings is 1. The lowest BCUT2D eigenvalue weighted by atomic mass is 9.94. The third-order valence-electron chi connectivity index (χ3n) is 2.45. The largest absolute Gasteiger partial charge is 0.380 e. The maximum Gasteiger partial charge on any atom is 0.129 e. The molecule has 16 heavy (non-hydrogen) atoms. The van der Waals surface area contributed by atoms with Gasteiger partial charge in [0.2, 0.25) is 0 Å². The molecule has 0 radical (unpaired) electrons. The number of hydrogen-bond donors (Lipinski definition) is 1. The van der Waals surface area contributed by atoms with Crippen molar-refractivity contribution in [3.63, 3.8) is 0 Å². The highest BCUT2D eigenvalue weighted by molar-refractivity contribution is 9.10. The Kier molecular flexibility index (Phi) is 3.15. The highest BCUT2D eigenvalue weighted by Crippen LogP contribution is 2.34. The molecule has 0 fully saturated rings. The standard InChI is InChI=1S/C12H10BrFOS/c1-12(15,11-3-2-6-16-11)9-7-8(13)4-5-10(9)14/h2-7,15H,1H3. The molecule has 0 spiro atoms. The average molecular weight is 301 g/mol. The summed E-state index contributed by atoms with van der Waals surface area (Å²) in [6, 6.07) is 8.20. The SMILES string of the molecule is CC(O)(c1cccs1)c1cc(Br)ccc1F. The molecule has 1 heterocycles. The zero-order valence-corrected chi connectivity index (χ0v) is 11.0. The third-order valence-corrected chi connectivity index (χ3v) is 4.03. The summed E-state index contributed by atoms with van der Waals surface area (Å²) in [5.74, 6) is -0.401. The van der Waals surface area contributed by atoms with Gasteiger partial charge in [-0.1, -0.05) is 22.0 Å². The Hall–Kier alpha value is -0.710. The van der Waals surface area contributed by atoms with Crippen molar-refractivity contribution < 1.29 is 9.50 Å². The second-order valence-electron chi connectivity index (χ2n) is 3.67. The van der Waals surface area contributed by atoms with Crippen molar-refractivity contribution in [2.45, 2.75) is 12.5 Å². The Morgan fingerprint density at radius 1 is 1.38 bits per heavy atom. The molecular formula is C12H10BrFOS. The maximum absolute atomic E-state index is 13.7. The van der Waals surface area contributed by atoms with Crippen LogP contribution in [0.3, 0.4) is 0 Å². The maximum atomic E-state index is 13.7. The average Bonchev–Trinajstić information content (AvgIpc) is 2.75. The second-order valence-corrected chi connectivity index (χ2v) is 5.54. The van der Waals surface area contributed by atoms with E-state index < -0.39 is 11.4 Å². The highest BCUT2D eigenvalue weighted by atomic mass is 79.9. The van der Waals surface area contributed by atoms with Crippen molar-refractivity contribution >= 4 is 27.3 Å². The lowest BCUT2D eigenvalue weighted by Crippen LogP contribution is -2.22. The minimum absolute atomic E-state index is 0.282. The van der Waals surface area contributed by atoms with Crippen LogP contribution in [-0.2, 0) is 5.60 Å². The van der Waals surface area contributed by atoms with E-state index in [9.17, 15) is 9.50 Å². The lowest BCUT2D eigenvalue weighted by molar-refractivity contribution is 0.102. The first kappa shape index (κ1) is 11.8. The molecular weight excluding hydrogens is 291 g/mol. The first-order valence-electron chi connectivity index (χ1n) is 4.73. The molecule has 4 heteroatoms. The first-order chi connectivity index (χ1) is 7.51. The summed E-state index contributed by atoms with van der Waals surface area (Å²) in [4.78, 5) is 0.726. The highest BCUT2D eigenvalue weighted by Gasteiger charge is 2.29. The van der Waals surface area contributed by atoms with Gasteiger partial charge in [-0.15, -0.1) is 11.3 Å². The van der Waals surface area contributed by atoms with E-state index in [-0.39, 0.29) is 5.56 Å². The van der Waals surface area contributed by atoms with E-state index in [1.54, 1.807) is 25.1 Å². The Labute approximate surface area is 106 Å². The molecule has 2 rings (SSSR count). The van der Waals surface area contributed by atoms with Crippen LogP contribution in [0.15, 0.2) is 40.2 Å². The number of benzene rings is 1. The molecule has 1 atom stereocenters.